The maximum absolute atomic E-state index is 11.9. The first-order valence-electron chi connectivity index (χ1n) is 5.31. The van der Waals surface area contributed by atoms with Crippen LogP contribution in [0.2, 0.25) is 0 Å². The van der Waals surface area contributed by atoms with Crippen LogP contribution in [-0.2, 0) is 0 Å². The Kier molecular flexibility index (Phi) is 3.31. The van der Waals surface area contributed by atoms with Crippen LogP contribution in [0.25, 0.3) is 0 Å². The fourth-order valence-electron chi connectivity index (χ4n) is 1.96. The average molecular weight is 211 g/mol. The predicted octanol–water partition coefficient (Wildman–Crippen LogP) is 2.64. The van der Waals surface area contributed by atoms with Crippen molar-refractivity contribution in [1.82, 2.24) is 5.32 Å². The zero-order valence-corrected chi connectivity index (χ0v) is 8.50. The van der Waals surface area contributed by atoms with Gasteiger partial charge in [-0.25, -0.2) is 8.78 Å². The fraction of sp³-hybridized carbons (Fsp3) is 0.500. The number of hydrogen-bond acceptors (Lipinski definition) is 1. The molecule has 2 unspecified atom stereocenters. The SMILES string of the molecule is FC(F)CNCC1CC1c1ccccc1. The number of hydrogen-bond donors (Lipinski definition) is 1. The van der Waals surface area contributed by atoms with Crippen molar-refractivity contribution in [2.24, 2.45) is 5.92 Å². The second kappa shape index (κ2) is 4.71. The third kappa shape index (κ3) is 2.99. The van der Waals surface area contributed by atoms with Gasteiger partial charge in [-0.05, 0) is 30.4 Å². The zero-order chi connectivity index (χ0) is 10.7. The van der Waals surface area contributed by atoms with Crippen LogP contribution < -0.4 is 5.32 Å². The molecular weight excluding hydrogens is 196 g/mol. The number of benzene rings is 1. The van der Waals surface area contributed by atoms with Gasteiger partial charge in [0.2, 0.25) is 0 Å². The molecule has 0 spiro atoms. The van der Waals surface area contributed by atoms with Crippen molar-refractivity contribution >= 4 is 0 Å². The molecule has 1 aliphatic rings. The lowest BCUT2D eigenvalue weighted by Crippen LogP contribution is -2.23. The molecule has 0 aliphatic heterocycles. The Labute approximate surface area is 88.5 Å². The third-order valence-corrected chi connectivity index (χ3v) is 2.86. The molecule has 1 aromatic rings. The van der Waals surface area contributed by atoms with Crippen molar-refractivity contribution < 1.29 is 8.78 Å². The van der Waals surface area contributed by atoms with Crippen LogP contribution >= 0.6 is 0 Å². The van der Waals surface area contributed by atoms with Crippen molar-refractivity contribution in [2.75, 3.05) is 13.1 Å². The minimum absolute atomic E-state index is 0.183. The van der Waals surface area contributed by atoms with E-state index in [0.717, 1.165) is 6.42 Å². The van der Waals surface area contributed by atoms with E-state index in [4.69, 9.17) is 0 Å². The maximum atomic E-state index is 11.9. The van der Waals surface area contributed by atoms with Crippen LogP contribution in [0.4, 0.5) is 8.78 Å². The Bertz CT molecular complexity index is 300. The van der Waals surface area contributed by atoms with Crippen LogP contribution in [0.15, 0.2) is 30.3 Å². The molecule has 0 aromatic heterocycles. The number of nitrogens with one attached hydrogen (secondary N) is 1. The molecular formula is C12H15F2N. The molecule has 0 saturated heterocycles. The van der Waals surface area contributed by atoms with E-state index in [-0.39, 0.29) is 6.54 Å². The summed E-state index contributed by atoms with van der Waals surface area (Å²) in [5, 5.41) is 2.80. The summed E-state index contributed by atoms with van der Waals surface area (Å²) in [4.78, 5) is 0. The number of halogens is 2. The smallest absolute Gasteiger partial charge is 0.250 e. The van der Waals surface area contributed by atoms with Gasteiger partial charge in [0.05, 0.1) is 6.54 Å². The van der Waals surface area contributed by atoms with Crippen LogP contribution in [0.3, 0.4) is 0 Å². The van der Waals surface area contributed by atoms with Crippen molar-refractivity contribution in [3.63, 3.8) is 0 Å². The van der Waals surface area contributed by atoms with Gasteiger partial charge in [-0.2, -0.15) is 0 Å². The van der Waals surface area contributed by atoms with Crippen molar-refractivity contribution in [3.8, 4) is 0 Å². The maximum Gasteiger partial charge on any atom is 0.250 e. The second-order valence-corrected chi connectivity index (χ2v) is 4.06. The number of rotatable bonds is 5. The summed E-state index contributed by atoms with van der Waals surface area (Å²) in [5.74, 6) is 1.13. The van der Waals surface area contributed by atoms with Gasteiger partial charge in [0.25, 0.3) is 6.43 Å². The second-order valence-electron chi connectivity index (χ2n) is 4.06. The molecule has 2 atom stereocenters. The highest BCUT2D eigenvalue weighted by Crippen LogP contribution is 2.46. The van der Waals surface area contributed by atoms with Crippen molar-refractivity contribution in [1.29, 1.82) is 0 Å². The minimum atomic E-state index is -2.24. The summed E-state index contributed by atoms with van der Waals surface area (Å²) in [6.45, 7) is 0.530. The highest BCUT2D eigenvalue weighted by molar-refractivity contribution is 5.25. The summed E-state index contributed by atoms with van der Waals surface area (Å²) in [6, 6.07) is 10.3. The summed E-state index contributed by atoms with van der Waals surface area (Å²) in [7, 11) is 0. The molecule has 0 amide bonds. The Morgan fingerprint density at radius 2 is 2.00 bits per heavy atom. The van der Waals surface area contributed by atoms with E-state index in [1.165, 1.54) is 5.56 Å². The summed E-state index contributed by atoms with van der Waals surface area (Å²) >= 11 is 0. The highest BCUT2D eigenvalue weighted by atomic mass is 19.3. The molecule has 1 N–H and O–H groups in total. The number of alkyl halides is 2. The predicted molar refractivity (Wildman–Crippen MR) is 56.2 cm³/mol. The van der Waals surface area contributed by atoms with Gasteiger partial charge < -0.3 is 5.32 Å². The van der Waals surface area contributed by atoms with Gasteiger partial charge in [-0.1, -0.05) is 30.3 Å². The van der Waals surface area contributed by atoms with Gasteiger partial charge in [0, 0.05) is 0 Å². The van der Waals surface area contributed by atoms with Gasteiger partial charge in [0.15, 0.2) is 0 Å². The Morgan fingerprint density at radius 3 is 2.67 bits per heavy atom. The van der Waals surface area contributed by atoms with Gasteiger partial charge in [-0.15, -0.1) is 0 Å². The third-order valence-electron chi connectivity index (χ3n) is 2.86. The molecule has 0 radical (unpaired) electrons. The molecule has 1 nitrogen and oxygen atoms in total. The van der Waals surface area contributed by atoms with Crippen LogP contribution in [-0.4, -0.2) is 19.5 Å². The summed E-state index contributed by atoms with van der Waals surface area (Å²) in [6.07, 6.45) is -1.11. The topological polar surface area (TPSA) is 12.0 Å². The summed E-state index contributed by atoms with van der Waals surface area (Å²) in [5.41, 5.74) is 1.33. The standard InChI is InChI=1S/C12H15F2N/c13-12(14)8-15-7-10-6-11(10)9-4-2-1-3-5-9/h1-5,10-12,15H,6-8H2. The van der Waals surface area contributed by atoms with Gasteiger partial charge in [0.1, 0.15) is 0 Å². The molecule has 82 valence electrons. The highest BCUT2D eigenvalue weighted by Gasteiger charge is 2.37. The molecule has 3 heteroatoms. The van der Waals surface area contributed by atoms with Gasteiger partial charge in [-0.3, -0.25) is 0 Å². The van der Waals surface area contributed by atoms with E-state index < -0.39 is 6.43 Å². The van der Waals surface area contributed by atoms with Crippen molar-refractivity contribution in [3.05, 3.63) is 35.9 Å². The molecule has 15 heavy (non-hydrogen) atoms. The first-order chi connectivity index (χ1) is 7.27. The molecule has 0 bridgehead atoms. The van der Waals surface area contributed by atoms with E-state index in [0.29, 0.717) is 18.4 Å². The Balaban J connectivity index is 1.72. The van der Waals surface area contributed by atoms with E-state index in [2.05, 4.69) is 17.4 Å². The zero-order valence-electron chi connectivity index (χ0n) is 8.50. The molecule has 1 saturated carbocycles. The molecule has 2 rings (SSSR count). The van der Waals surface area contributed by atoms with E-state index in [1.54, 1.807) is 0 Å². The average Bonchev–Trinajstić information content (AvgIpc) is 2.98. The van der Waals surface area contributed by atoms with Crippen LogP contribution in [0, 0.1) is 5.92 Å². The Hall–Kier alpha value is -0.960. The largest absolute Gasteiger partial charge is 0.311 e. The first kappa shape index (κ1) is 10.6. The normalized spacial score (nSPS) is 24.5. The van der Waals surface area contributed by atoms with E-state index in [9.17, 15) is 8.78 Å². The lowest BCUT2D eigenvalue weighted by Gasteiger charge is -2.03. The lowest BCUT2D eigenvalue weighted by atomic mass is 10.1. The van der Waals surface area contributed by atoms with Crippen LogP contribution in [0.5, 0.6) is 0 Å². The fourth-order valence-corrected chi connectivity index (χ4v) is 1.96. The van der Waals surface area contributed by atoms with Crippen molar-refractivity contribution in [2.45, 2.75) is 18.8 Å². The molecule has 1 aromatic carbocycles. The first-order valence-corrected chi connectivity index (χ1v) is 5.31. The monoisotopic (exact) mass is 211 g/mol. The molecule has 0 heterocycles. The molecule has 1 fully saturated rings. The summed E-state index contributed by atoms with van der Waals surface area (Å²) < 4.78 is 23.7. The van der Waals surface area contributed by atoms with E-state index in [1.807, 2.05) is 18.2 Å². The minimum Gasteiger partial charge on any atom is -0.311 e. The Morgan fingerprint density at radius 1 is 1.27 bits per heavy atom. The molecule has 1 aliphatic carbocycles. The van der Waals surface area contributed by atoms with Gasteiger partial charge >= 0.3 is 0 Å². The lowest BCUT2D eigenvalue weighted by molar-refractivity contribution is 0.145. The van der Waals surface area contributed by atoms with Crippen LogP contribution in [0.1, 0.15) is 17.9 Å². The quantitative estimate of drug-likeness (QED) is 0.789. The van der Waals surface area contributed by atoms with E-state index >= 15 is 0 Å².